The number of hydrogen-bond donors (Lipinski definition) is 1. The molecule has 12 aromatic rings. The third kappa shape index (κ3) is 5.23. The van der Waals surface area contributed by atoms with Crippen molar-refractivity contribution in [3.05, 3.63) is 235 Å². The summed E-state index contributed by atoms with van der Waals surface area (Å²) in [7, 11) is 0. The molecular weight excluding hydrogens is 753 g/mol. The number of fused-ring (bicyclic) bond motifs is 11. The third-order valence-electron chi connectivity index (χ3n) is 12.9. The summed E-state index contributed by atoms with van der Waals surface area (Å²) in [5.41, 5.74) is 14.8. The van der Waals surface area contributed by atoms with Gasteiger partial charge in [-0.05, 0) is 92.8 Å². The third-order valence-corrected chi connectivity index (χ3v) is 12.9. The van der Waals surface area contributed by atoms with Crippen LogP contribution in [0, 0.1) is 0 Å². The van der Waals surface area contributed by atoms with E-state index in [1.807, 2.05) is 0 Å². The molecule has 1 aliphatic heterocycles. The van der Waals surface area contributed by atoms with Crippen molar-refractivity contribution >= 4 is 76.6 Å². The highest BCUT2D eigenvalue weighted by Gasteiger charge is 2.25. The van der Waals surface area contributed by atoms with Crippen LogP contribution in [0.25, 0.3) is 87.7 Å². The lowest BCUT2D eigenvalue weighted by atomic mass is 9.94. The van der Waals surface area contributed by atoms with Gasteiger partial charge in [-0.25, -0.2) is 0 Å². The highest BCUT2D eigenvalue weighted by Crippen LogP contribution is 2.46. The maximum atomic E-state index is 5.35. The molecule has 0 radical (unpaired) electrons. The van der Waals surface area contributed by atoms with Crippen LogP contribution in [-0.4, -0.2) is 14.8 Å². The van der Waals surface area contributed by atoms with Crippen molar-refractivity contribution in [1.29, 1.82) is 0 Å². The van der Waals surface area contributed by atoms with Gasteiger partial charge in [-0.15, -0.1) is 0 Å². The second-order valence-electron chi connectivity index (χ2n) is 16.3. The number of aliphatic imine (C=N–C) groups is 1. The van der Waals surface area contributed by atoms with Crippen LogP contribution in [-0.2, 0) is 0 Å². The molecule has 0 saturated heterocycles. The molecule has 1 N–H and O–H groups in total. The van der Waals surface area contributed by atoms with E-state index < -0.39 is 0 Å². The minimum atomic E-state index is -0.239. The average molecular weight is 791 g/mol. The summed E-state index contributed by atoms with van der Waals surface area (Å²) in [6.07, 6.45) is -0.239. The fourth-order valence-corrected chi connectivity index (χ4v) is 10.1. The predicted molar refractivity (Wildman–Crippen MR) is 260 cm³/mol. The van der Waals surface area contributed by atoms with Crippen LogP contribution in [0.5, 0.6) is 0 Å². The minimum absolute atomic E-state index is 0.239. The monoisotopic (exact) mass is 790 g/mol. The zero-order valence-corrected chi connectivity index (χ0v) is 33.7. The zero-order valence-electron chi connectivity index (χ0n) is 33.7. The zero-order chi connectivity index (χ0) is 40.7. The van der Waals surface area contributed by atoms with Crippen molar-refractivity contribution in [2.45, 2.75) is 6.17 Å². The van der Waals surface area contributed by atoms with E-state index in [1.54, 1.807) is 0 Å². The Labute approximate surface area is 358 Å². The molecule has 4 heteroatoms. The predicted octanol–water partition coefficient (Wildman–Crippen LogP) is 14.8. The second-order valence-corrected chi connectivity index (χ2v) is 16.3. The lowest BCUT2D eigenvalue weighted by molar-refractivity contribution is 0.827. The van der Waals surface area contributed by atoms with Crippen LogP contribution in [0.4, 0.5) is 5.69 Å². The smallest absolute Gasteiger partial charge is 0.145 e. The molecule has 2 aromatic heterocycles. The van der Waals surface area contributed by atoms with E-state index in [2.05, 4.69) is 233 Å². The first-order valence-electron chi connectivity index (χ1n) is 21.3. The summed E-state index contributed by atoms with van der Waals surface area (Å²) in [5, 5.41) is 13.7. The molecular formula is C58H38N4. The van der Waals surface area contributed by atoms with E-state index in [9.17, 15) is 0 Å². The molecule has 10 aromatic carbocycles. The lowest BCUT2D eigenvalue weighted by Gasteiger charge is -2.26. The number of aromatic nitrogens is 2. The standard InChI is InChI=1S/C58H38N4/c1-4-16-37(17-5-1)47-35-54-56(45-25-13-12-24-44(45)47)49-34-48-52(61(41-21-8-3-9-22-41)51-33-30-38-18-10-11-23-43(38)55(48)51)36-53(49)62(54)42-31-28-40(29-32-42)58-59-50-27-15-14-26-46(50)57(60-58)39-19-6-2-7-20-39/h1-36,58-59H. The number of para-hydroxylation sites is 2. The van der Waals surface area contributed by atoms with Gasteiger partial charge < -0.3 is 14.5 Å². The Morgan fingerprint density at radius 1 is 0.371 bits per heavy atom. The van der Waals surface area contributed by atoms with Crippen LogP contribution < -0.4 is 5.32 Å². The van der Waals surface area contributed by atoms with Gasteiger partial charge in [-0.1, -0.05) is 164 Å². The first-order valence-corrected chi connectivity index (χ1v) is 21.3. The molecule has 0 aliphatic carbocycles. The van der Waals surface area contributed by atoms with Gasteiger partial charge in [0.15, 0.2) is 0 Å². The highest BCUT2D eigenvalue weighted by molar-refractivity contribution is 6.29. The Bertz CT molecular complexity index is 3750. The van der Waals surface area contributed by atoms with Crippen molar-refractivity contribution in [2.75, 3.05) is 5.32 Å². The number of rotatable bonds is 5. The van der Waals surface area contributed by atoms with Gasteiger partial charge in [0.2, 0.25) is 0 Å². The van der Waals surface area contributed by atoms with E-state index in [-0.39, 0.29) is 6.17 Å². The molecule has 290 valence electrons. The SMILES string of the molecule is c1ccc(C2=NC(c3ccc(-n4c5cc6c(cc5c5c7ccccc7c(-c7ccccc7)cc54)c4c5ccccc5ccc4n6-c4ccccc4)cc3)Nc3ccccc32)cc1. The first-order chi connectivity index (χ1) is 30.8. The molecule has 13 rings (SSSR count). The number of hydrogen-bond acceptors (Lipinski definition) is 2. The Morgan fingerprint density at radius 3 is 1.71 bits per heavy atom. The fraction of sp³-hybridized carbons (Fsp3) is 0.0172. The summed E-state index contributed by atoms with van der Waals surface area (Å²) in [4.78, 5) is 5.35. The molecule has 0 saturated carbocycles. The maximum absolute atomic E-state index is 5.35. The van der Waals surface area contributed by atoms with E-state index in [0.29, 0.717) is 0 Å². The Balaban J connectivity index is 1.10. The van der Waals surface area contributed by atoms with Gasteiger partial charge >= 0.3 is 0 Å². The van der Waals surface area contributed by atoms with Crippen LogP contribution in [0.2, 0.25) is 0 Å². The number of anilines is 1. The van der Waals surface area contributed by atoms with E-state index >= 15 is 0 Å². The second kappa shape index (κ2) is 13.7. The lowest BCUT2D eigenvalue weighted by Crippen LogP contribution is -2.20. The van der Waals surface area contributed by atoms with Crippen molar-refractivity contribution in [1.82, 2.24) is 9.13 Å². The Hall–Kier alpha value is -8.21. The molecule has 0 amide bonds. The van der Waals surface area contributed by atoms with Gasteiger partial charge in [-0.2, -0.15) is 0 Å². The normalized spacial score (nSPS) is 13.9. The van der Waals surface area contributed by atoms with Crippen molar-refractivity contribution in [2.24, 2.45) is 4.99 Å². The molecule has 4 nitrogen and oxygen atoms in total. The van der Waals surface area contributed by atoms with Gasteiger partial charge in [0, 0.05) is 49.7 Å². The number of nitrogens with zero attached hydrogens (tertiary/aromatic N) is 3. The quantitative estimate of drug-likeness (QED) is 0.185. The topological polar surface area (TPSA) is 34.2 Å². The number of benzene rings is 10. The molecule has 0 bridgehead atoms. The van der Waals surface area contributed by atoms with Crippen LogP contribution in [0.3, 0.4) is 0 Å². The minimum Gasteiger partial charge on any atom is -0.360 e. The van der Waals surface area contributed by atoms with E-state index in [0.717, 1.165) is 45.0 Å². The summed E-state index contributed by atoms with van der Waals surface area (Å²) in [6, 6.07) is 79.3. The molecule has 1 atom stereocenters. The van der Waals surface area contributed by atoms with Crippen molar-refractivity contribution in [3.8, 4) is 22.5 Å². The molecule has 62 heavy (non-hydrogen) atoms. The summed E-state index contributed by atoms with van der Waals surface area (Å²) >= 11 is 0. The molecule has 3 heterocycles. The maximum Gasteiger partial charge on any atom is 0.145 e. The molecule has 0 spiro atoms. The van der Waals surface area contributed by atoms with E-state index in [1.165, 1.54) is 70.8 Å². The van der Waals surface area contributed by atoms with Crippen LogP contribution in [0.15, 0.2) is 223 Å². The van der Waals surface area contributed by atoms with Crippen molar-refractivity contribution in [3.63, 3.8) is 0 Å². The summed E-state index contributed by atoms with van der Waals surface area (Å²) in [5.74, 6) is 0. The Kier molecular flexibility index (Phi) is 7.63. The number of nitrogens with one attached hydrogen (secondary N) is 1. The van der Waals surface area contributed by atoms with Gasteiger partial charge in [-0.3, -0.25) is 4.99 Å². The molecule has 1 aliphatic rings. The largest absolute Gasteiger partial charge is 0.360 e. The van der Waals surface area contributed by atoms with Crippen LogP contribution in [0.1, 0.15) is 22.9 Å². The Morgan fingerprint density at radius 2 is 0.952 bits per heavy atom. The van der Waals surface area contributed by atoms with E-state index in [4.69, 9.17) is 4.99 Å². The van der Waals surface area contributed by atoms with Crippen molar-refractivity contribution < 1.29 is 0 Å². The molecule has 0 fully saturated rings. The van der Waals surface area contributed by atoms with Gasteiger partial charge in [0.05, 0.1) is 27.8 Å². The van der Waals surface area contributed by atoms with Gasteiger partial charge in [0.1, 0.15) is 6.17 Å². The molecule has 1 unspecified atom stereocenters. The van der Waals surface area contributed by atoms with Crippen LogP contribution >= 0.6 is 0 Å². The first kappa shape index (κ1) is 34.6. The average Bonchev–Trinajstić information content (AvgIpc) is 3.85. The summed E-state index contributed by atoms with van der Waals surface area (Å²) < 4.78 is 4.93. The van der Waals surface area contributed by atoms with Gasteiger partial charge in [0.25, 0.3) is 0 Å². The fourth-order valence-electron chi connectivity index (χ4n) is 10.1. The highest BCUT2D eigenvalue weighted by atomic mass is 15.1. The summed E-state index contributed by atoms with van der Waals surface area (Å²) in [6.45, 7) is 0.